The van der Waals surface area contributed by atoms with Crippen LogP contribution in [0.1, 0.15) is 5.76 Å². The summed E-state index contributed by atoms with van der Waals surface area (Å²) in [6, 6.07) is 9.79. The zero-order valence-electron chi connectivity index (χ0n) is 10.1. The lowest BCUT2D eigenvalue weighted by molar-refractivity contribution is 0.530. The third kappa shape index (κ3) is 2.91. The topological polar surface area (TPSA) is 79.6 Å². The second-order valence-electron chi connectivity index (χ2n) is 3.98. The van der Waals surface area contributed by atoms with Crippen LogP contribution < -0.4 is 5.32 Å². The van der Waals surface area contributed by atoms with Gasteiger partial charge in [0.15, 0.2) is 0 Å². The number of halogens is 2. The number of anilines is 1. The summed E-state index contributed by atoms with van der Waals surface area (Å²) in [5.74, 6) is 2.03. The summed E-state index contributed by atoms with van der Waals surface area (Å²) in [5, 5.41) is 16.5. The highest BCUT2D eigenvalue weighted by Crippen LogP contribution is 2.31. The van der Waals surface area contributed by atoms with Crippen molar-refractivity contribution in [2.45, 2.75) is 6.54 Å². The maximum absolute atomic E-state index is 5.79. The van der Waals surface area contributed by atoms with Crippen molar-refractivity contribution >= 4 is 37.8 Å². The molecule has 0 amide bonds. The average Bonchev–Trinajstić information content (AvgIpc) is 3.07. The van der Waals surface area contributed by atoms with E-state index in [-0.39, 0.29) is 0 Å². The molecule has 0 saturated heterocycles. The summed E-state index contributed by atoms with van der Waals surface area (Å²) in [6.45, 7) is 0.494. The van der Waals surface area contributed by atoms with Crippen LogP contribution in [0.2, 0.25) is 0 Å². The van der Waals surface area contributed by atoms with Crippen molar-refractivity contribution in [2.24, 2.45) is 0 Å². The Kier molecular flexibility index (Phi) is 3.83. The number of tetrazole rings is 1. The first-order chi connectivity index (χ1) is 9.72. The van der Waals surface area contributed by atoms with Crippen molar-refractivity contribution in [1.29, 1.82) is 0 Å². The Morgan fingerprint density at radius 2 is 2.10 bits per heavy atom. The predicted octanol–water partition coefficient (Wildman–Crippen LogP) is 3.60. The van der Waals surface area contributed by atoms with Crippen LogP contribution >= 0.6 is 31.9 Å². The van der Waals surface area contributed by atoms with Gasteiger partial charge in [0.2, 0.25) is 0 Å². The van der Waals surface area contributed by atoms with Gasteiger partial charge in [-0.1, -0.05) is 21.0 Å². The van der Waals surface area contributed by atoms with E-state index in [0.717, 1.165) is 26.0 Å². The van der Waals surface area contributed by atoms with Gasteiger partial charge < -0.3 is 9.73 Å². The molecule has 102 valence electrons. The van der Waals surface area contributed by atoms with Gasteiger partial charge in [-0.3, -0.25) is 0 Å². The van der Waals surface area contributed by atoms with Gasteiger partial charge in [0.05, 0.1) is 6.54 Å². The maximum atomic E-state index is 5.79. The van der Waals surface area contributed by atoms with Crippen LogP contribution in [0.3, 0.4) is 0 Å². The molecule has 2 aromatic heterocycles. The molecule has 0 saturated carbocycles. The van der Waals surface area contributed by atoms with Gasteiger partial charge in [-0.15, -0.1) is 5.10 Å². The number of hydrogen-bond acceptors (Lipinski definition) is 5. The molecule has 3 aromatic rings. The number of hydrogen-bond donors (Lipinski definition) is 2. The molecule has 0 fully saturated rings. The van der Waals surface area contributed by atoms with Gasteiger partial charge >= 0.3 is 0 Å². The zero-order chi connectivity index (χ0) is 13.9. The first-order valence-corrected chi connectivity index (χ1v) is 7.32. The summed E-state index contributed by atoms with van der Waals surface area (Å²) in [6.07, 6.45) is 0. The predicted molar refractivity (Wildman–Crippen MR) is 81.0 cm³/mol. The fourth-order valence-corrected chi connectivity index (χ4v) is 2.95. The van der Waals surface area contributed by atoms with Crippen molar-refractivity contribution in [3.05, 3.63) is 45.0 Å². The van der Waals surface area contributed by atoms with E-state index in [9.17, 15) is 0 Å². The SMILES string of the molecule is Brc1ccc(-c2ccc(CNc3nn[nH]n3)o2)c(Br)c1. The Hall–Kier alpha value is -1.67. The third-order valence-electron chi connectivity index (χ3n) is 2.62. The summed E-state index contributed by atoms with van der Waals surface area (Å²) in [5.41, 5.74) is 0.999. The number of aromatic nitrogens is 4. The smallest absolute Gasteiger partial charge is 0.263 e. The van der Waals surface area contributed by atoms with Crippen LogP contribution in [0.4, 0.5) is 5.95 Å². The minimum absolute atomic E-state index is 0.438. The van der Waals surface area contributed by atoms with Gasteiger partial charge in [-0.05, 0) is 51.5 Å². The highest BCUT2D eigenvalue weighted by molar-refractivity contribution is 9.11. The summed E-state index contributed by atoms with van der Waals surface area (Å²) >= 11 is 6.95. The highest BCUT2D eigenvalue weighted by atomic mass is 79.9. The van der Waals surface area contributed by atoms with Crippen molar-refractivity contribution in [1.82, 2.24) is 20.6 Å². The van der Waals surface area contributed by atoms with Gasteiger partial charge in [0, 0.05) is 14.5 Å². The fourth-order valence-electron chi connectivity index (χ4n) is 1.71. The first-order valence-electron chi connectivity index (χ1n) is 5.74. The molecule has 3 rings (SSSR count). The minimum Gasteiger partial charge on any atom is -0.459 e. The highest BCUT2D eigenvalue weighted by Gasteiger charge is 2.09. The standard InChI is InChI=1S/C12H9Br2N5O/c13-7-1-3-9(10(14)5-7)11-4-2-8(20-11)6-15-12-16-18-19-17-12/h1-5H,6H2,(H2,15,16,17,18,19). The largest absolute Gasteiger partial charge is 0.459 e. The second-order valence-corrected chi connectivity index (χ2v) is 5.75. The lowest BCUT2D eigenvalue weighted by atomic mass is 10.2. The lowest BCUT2D eigenvalue weighted by Gasteiger charge is -2.02. The Labute approximate surface area is 131 Å². The van der Waals surface area contributed by atoms with Crippen LogP contribution in [-0.2, 0) is 6.54 Å². The zero-order valence-corrected chi connectivity index (χ0v) is 13.3. The molecular formula is C12H9Br2N5O. The lowest BCUT2D eigenvalue weighted by Crippen LogP contribution is -1.99. The van der Waals surface area contributed by atoms with Crippen LogP contribution in [-0.4, -0.2) is 20.6 Å². The first kappa shape index (κ1) is 13.3. The van der Waals surface area contributed by atoms with E-state index < -0.39 is 0 Å². The number of aromatic amines is 1. The Bertz CT molecular complexity index is 710. The van der Waals surface area contributed by atoms with Crippen LogP contribution in [0.25, 0.3) is 11.3 Å². The van der Waals surface area contributed by atoms with E-state index in [0.29, 0.717) is 12.5 Å². The quantitative estimate of drug-likeness (QED) is 0.701. The number of nitrogens with one attached hydrogen (secondary N) is 2. The molecular weight excluding hydrogens is 390 g/mol. The monoisotopic (exact) mass is 397 g/mol. The van der Waals surface area contributed by atoms with Crippen molar-refractivity contribution in [2.75, 3.05) is 5.32 Å². The van der Waals surface area contributed by atoms with E-state index in [4.69, 9.17) is 4.42 Å². The fraction of sp³-hybridized carbons (Fsp3) is 0.0833. The molecule has 0 radical (unpaired) electrons. The van der Waals surface area contributed by atoms with Crippen molar-refractivity contribution in [3.63, 3.8) is 0 Å². The van der Waals surface area contributed by atoms with Crippen LogP contribution in [0.15, 0.2) is 43.7 Å². The molecule has 2 N–H and O–H groups in total. The van der Waals surface area contributed by atoms with Crippen LogP contribution in [0.5, 0.6) is 0 Å². The molecule has 0 bridgehead atoms. The molecule has 2 heterocycles. The van der Waals surface area contributed by atoms with E-state index in [1.165, 1.54) is 0 Å². The molecule has 0 unspecified atom stereocenters. The van der Waals surface area contributed by atoms with Crippen molar-refractivity contribution < 1.29 is 4.42 Å². The molecule has 0 spiro atoms. The molecule has 0 aliphatic carbocycles. The van der Waals surface area contributed by atoms with Gasteiger partial charge in [-0.25, -0.2) is 0 Å². The van der Waals surface area contributed by atoms with Crippen molar-refractivity contribution in [3.8, 4) is 11.3 Å². The Morgan fingerprint density at radius 3 is 2.85 bits per heavy atom. The number of nitrogens with zero attached hydrogens (tertiary/aromatic N) is 3. The number of furan rings is 1. The van der Waals surface area contributed by atoms with E-state index in [1.54, 1.807) is 0 Å². The molecule has 8 heteroatoms. The Morgan fingerprint density at radius 1 is 1.20 bits per heavy atom. The van der Waals surface area contributed by atoms with E-state index in [1.807, 2.05) is 30.3 Å². The Balaban J connectivity index is 1.76. The molecule has 6 nitrogen and oxygen atoms in total. The maximum Gasteiger partial charge on any atom is 0.263 e. The molecule has 0 atom stereocenters. The van der Waals surface area contributed by atoms with Gasteiger partial charge in [0.1, 0.15) is 11.5 Å². The number of benzene rings is 1. The summed E-state index contributed by atoms with van der Waals surface area (Å²) in [7, 11) is 0. The molecule has 0 aliphatic heterocycles. The third-order valence-corrected chi connectivity index (χ3v) is 3.77. The summed E-state index contributed by atoms with van der Waals surface area (Å²) in [4.78, 5) is 0. The normalized spacial score (nSPS) is 10.7. The molecule has 20 heavy (non-hydrogen) atoms. The number of H-pyrrole nitrogens is 1. The minimum atomic E-state index is 0.438. The molecule has 0 aliphatic rings. The van der Waals surface area contributed by atoms with Crippen LogP contribution in [0, 0.1) is 0 Å². The van der Waals surface area contributed by atoms with E-state index >= 15 is 0 Å². The summed E-state index contributed by atoms with van der Waals surface area (Å²) < 4.78 is 7.78. The number of rotatable bonds is 4. The average molecular weight is 399 g/mol. The van der Waals surface area contributed by atoms with Gasteiger partial charge in [-0.2, -0.15) is 5.21 Å². The second kappa shape index (κ2) is 5.76. The van der Waals surface area contributed by atoms with E-state index in [2.05, 4.69) is 57.8 Å². The molecule has 1 aromatic carbocycles. The van der Waals surface area contributed by atoms with Gasteiger partial charge in [0.25, 0.3) is 5.95 Å².